The monoisotopic (exact) mass is 526 g/mol. The molecule has 106 valence electrons. The van der Waals surface area contributed by atoms with E-state index < -0.39 is 12.2 Å². The molecule has 0 fully saturated rings. The molecule has 0 aliphatic carbocycles. The maximum absolute atomic E-state index is 10.9. The van der Waals surface area contributed by atoms with Crippen molar-refractivity contribution in [1.82, 2.24) is 0 Å². The van der Waals surface area contributed by atoms with Crippen LogP contribution < -0.4 is 0 Å². The predicted molar refractivity (Wildman–Crippen MR) is 93.8 cm³/mol. The lowest BCUT2D eigenvalue weighted by Crippen LogP contribution is -2.32. The van der Waals surface area contributed by atoms with Gasteiger partial charge in [0.05, 0.1) is 6.61 Å². The van der Waals surface area contributed by atoms with Crippen molar-refractivity contribution in [2.75, 3.05) is 6.61 Å². The van der Waals surface area contributed by atoms with Crippen molar-refractivity contribution in [3.8, 4) is 0 Å². The molecule has 0 saturated carbocycles. The molecule has 1 atom stereocenters. The Kier molecular flexibility index (Phi) is 5.48. The Morgan fingerprint density at radius 3 is 2.05 bits per heavy atom. The van der Waals surface area contributed by atoms with Crippen LogP contribution in [0.25, 0.3) is 0 Å². The first-order chi connectivity index (χ1) is 9.41. The lowest BCUT2D eigenvalue weighted by atomic mass is 9.87. The van der Waals surface area contributed by atoms with Gasteiger partial charge < -0.3 is 10.2 Å². The van der Waals surface area contributed by atoms with Crippen LogP contribution >= 0.6 is 63.7 Å². The van der Waals surface area contributed by atoms with Crippen LogP contribution in [0, 0.1) is 0 Å². The molecule has 0 aromatic heterocycles. The van der Waals surface area contributed by atoms with Crippen molar-refractivity contribution in [2.24, 2.45) is 0 Å². The number of benzene rings is 2. The molecule has 6 heteroatoms. The van der Waals surface area contributed by atoms with E-state index in [-0.39, 0.29) is 0 Å². The lowest BCUT2D eigenvalue weighted by Gasteiger charge is -2.29. The van der Waals surface area contributed by atoms with Gasteiger partial charge in [-0.25, -0.2) is 0 Å². The Morgan fingerprint density at radius 1 is 0.900 bits per heavy atom. The van der Waals surface area contributed by atoms with Crippen molar-refractivity contribution >= 4 is 63.7 Å². The van der Waals surface area contributed by atoms with Crippen LogP contribution in [0.1, 0.15) is 11.1 Å². The van der Waals surface area contributed by atoms with Gasteiger partial charge in [0.2, 0.25) is 0 Å². The second-order valence-electron chi connectivity index (χ2n) is 4.23. The Labute approximate surface area is 150 Å². The number of rotatable bonds is 3. The summed E-state index contributed by atoms with van der Waals surface area (Å²) in [6, 6.07) is 10.9. The van der Waals surface area contributed by atoms with E-state index in [4.69, 9.17) is 0 Å². The third kappa shape index (κ3) is 2.91. The van der Waals surface area contributed by atoms with E-state index in [0.717, 1.165) is 13.4 Å². The molecule has 0 saturated heterocycles. The Balaban J connectivity index is 2.70. The van der Waals surface area contributed by atoms with Gasteiger partial charge in [0.25, 0.3) is 0 Å². The number of hydrogen-bond donors (Lipinski definition) is 2. The fourth-order valence-electron chi connectivity index (χ4n) is 1.92. The minimum Gasteiger partial charge on any atom is -0.393 e. The van der Waals surface area contributed by atoms with Crippen LogP contribution in [-0.2, 0) is 5.60 Å². The number of hydrogen-bond acceptors (Lipinski definition) is 2. The Hall–Kier alpha value is 0.280. The summed E-state index contributed by atoms with van der Waals surface area (Å²) >= 11 is 13.8. The summed E-state index contributed by atoms with van der Waals surface area (Å²) in [6.45, 7) is -0.421. The molecule has 2 N–H and O–H groups in total. The number of halogens is 4. The smallest absolute Gasteiger partial charge is 0.139 e. The molecule has 0 heterocycles. The van der Waals surface area contributed by atoms with Crippen LogP contribution in [0.15, 0.2) is 54.3 Å². The highest BCUT2D eigenvalue weighted by Gasteiger charge is 2.34. The number of aliphatic hydroxyl groups excluding tert-OH is 1. The minimum absolute atomic E-state index is 0.421. The van der Waals surface area contributed by atoms with Crippen LogP contribution in [0.5, 0.6) is 0 Å². The average Bonchev–Trinajstić information content (AvgIpc) is 2.49. The SMILES string of the molecule is OCC(O)(c1ccccc1)c1cc(Br)c(Br)c(Br)c1Br. The first-order valence-electron chi connectivity index (χ1n) is 5.64. The third-order valence-electron chi connectivity index (χ3n) is 3.03. The highest BCUT2D eigenvalue weighted by atomic mass is 79.9. The molecule has 2 aromatic rings. The van der Waals surface area contributed by atoms with Gasteiger partial charge in [-0.15, -0.1) is 0 Å². The molecular weight excluding hydrogens is 520 g/mol. The van der Waals surface area contributed by atoms with Crippen molar-refractivity contribution < 1.29 is 10.2 Å². The summed E-state index contributed by atoms with van der Waals surface area (Å²) in [5, 5.41) is 20.7. The molecule has 0 aliphatic heterocycles. The van der Waals surface area contributed by atoms with Gasteiger partial charge >= 0.3 is 0 Å². The standard InChI is InChI=1S/C14H10Br4O2/c15-10-6-9(11(16)13(18)12(10)17)14(20,7-19)8-4-2-1-3-5-8/h1-6,19-20H,7H2. The zero-order chi connectivity index (χ0) is 14.9. The molecule has 20 heavy (non-hydrogen) atoms. The van der Waals surface area contributed by atoms with E-state index in [0.29, 0.717) is 15.6 Å². The first kappa shape index (κ1) is 16.6. The molecular formula is C14H10Br4O2. The van der Waals surface area contributed by atoms with E-state index in [1.165, 1.54) is 0 Å². The Bertz CT molecular complexity index is 631. The largest absolute Gasteiger partial charge is 0.393 e. The van der Waals surface area contributed by atoms with E-state index in [1.807, 2.05) is 18.2 Å². The zero-order valence-corrected chi connectivity index (χ0v) is 16.4. The van der Waals surface area contributed by atoms with Crippen molar-refractivity contribution in [3.05, 3.63) is 65.4 Å². The predicted octanol–water partition coefficient (Wildman–Crippen LogP) is 4.96. The normalized spacial score (nSPS) is 14.1. The molecule has 0 spiro atoms. The van der Waals surface area contributed by atoms with Gasteiger partial charge in [0.15, 0.2) is 0 Å². The van der Waals surface area contributed by atoms with Crippen molar-refractivity contribution in [1.29, 1.82) is 0 Å². The van der Waals surface area contributed by atoms with E-state index in [2.05, 4.69) is 63.7 Å². The third-order valence-corrected chi connectivity index (χ3v) is 7.69. The molecule has 0 amide bonds. The minimum atomic E-state index is -1.48. The zero-order valence-electron chi connectivity index (χ0n) is 10.1. The quantitative estimate of drug-likeness (QED) is 0.436. The van der Waals surface area contributed by atoms with Gasteiger partial charge in [-0.2, -0.15) is 0 Å². The summed E-state index contributed by atoms with van der Waals surface area (Å²) in [5.41, 5.74) is -0.274. The van der Waals surface area contributed by atoms with Crippen molar-refractivity contribution in [3.63, 3.8) is 0 Å². The summed E-state index contributed by atoms with van der Waals surface area (Å²) < 4.78 is 3.07. The van der Waals surface area contributed by atoms with E-state index >= 15 is 0 Å². The molecule has 1 unspecified atom stereocenters. The summed E-state index contributed by atoms with van der Waals surface area (Å²) in [6.07, 6.45) is 0. The molecule has 2 nitrogen and oxygen atoms in total. The topological polar surface area (TPSA) is 40.5 Å². The van der Waals surface area contributed by atoms with Gasteiger partial charge in [-0.3, -0.25) is 0 Å². The molecule has 0 bridgehead atoms. The summed E-state index contributed by atoms with van der Waals surface area (Å²) in [7, 11) is 0. The van der Waals surface area contributed by atoms with Crippen LogP contribution in [0.2, 0.25) is 0 Å². The highest BCUT2D eigenvalue weighted by molar-refractivity contribution is 9.15. The maximum Gasteiger partial charge on any atom is 0.139 e. The fourth-order valence-corrected chi connectivity index (χ4v) is 4.26. The average molecular weight is 530 g/mol. The summed E-state index contributed by atoms with van der Waals surface area (Å²) in [5.74, 6) is 0. The van der Waals surface area contributed by atoms with Crippen LogP contribution in [-0.4, -0.2) is 16.8 Å². The van der Waals surface area contributed by atoms with Crippen LogP contribution in [0.3, 0.4) is 0 Å². The second kappa shape index (κ2) is 6.58. The fraction of sp³-hybridized carbons (Fsp3) is 0.143. The van der Waals surface area contributed by atoms with E-state index in [1.54, 1.807) is 18.2 Å². The van der Waals surface area contributed by atoms with Crippen LogP contribution in [0.4, 0.5) is 0 Å². The second-order valence-corrected chi connectivity index (χ2v) is 7.47. The van der Waals surface area contributed by atoms with Gasteiger partial charge in [0, 0.05) is 23.5 Å². The van der Waals surface area contributed by atoms with Gasteiger partial charge in [0.1, 0.15) is 5.60 Å². The molecule has 2 rings (SSSR count). The molecule has 2 aromatic carbocycles. The maximum atomic E-state index is 10.9. The number of aliphatic hydroxyl groups is 2. The molecule has 0 radical (unpaired) electrons. The first-order valence-corrected chi connectivity index (χ1v) is 8.81. The van der Waals surface area contributed by atoms with Gasteiger partial charge in [-0.05, 0) is 75.3 Å². The Morgan fingerprint density at radius 2 is 1.50 bits per heavy atom. The van der Waals surface area contributed by atoms with Crippen molar-refractivity contribution in [2.45, 2.75) is 5.60 Å². The highest BCUT2D eigenvalue weighted by Crippen LogP contribution is 2.44. The lowest BCUT2D eigenvalue weighted by molar-refractivity contribution is 0.0166. The summed E-state index contributed by atoms with van der Waals surface area (Å²) in [4.78, 5) is 0. The van der Waals surface area contributed by atoms with E-state index in [9.17, 15) is 10.2 Å². The molecule has 0 aliphatic rings. The van der Waals surface area contributed by atoms with Gasteiger partial charge in [-0.1, -0.05) is 30.3 Å².